The summed E-state index contributed by atoms with van der Waals surface area (Å²) < 4.78 is 5.33. The van der Waals surface area contributed by atoms with Gasteiger partial charge in [0, 0.05) is 26.2 Å². The van der Waals surface area contributed by atoms with Crippen molar-refractivity contribution in [2.24, 2.45) is 5.92 Å². The van der Waals surface area contributed by atoms with Crippen LogP contribution in [0.25, 0.3) is 0 Å². The van der Waals surface area contributed by atoms with Crippen LogP contribution >= 0.6 is 11.8 Å². The fraction of sp³-hybridized carbons (Fsp3) is 0.818. The molecule has 7 heteroatoms. The topological polar surface area (TPSA) is 67.6 Å². The van der Waals surface area contributed by atoms with Gasteiger partial charge in [-0.3, -0.25) is 10.1 Å². The fourth-order valence-electron chi connectivity index (χ4n) is 1.90. The van der Waals surface area contributed by atoms with Crippen molar-refractivity contribution in [1.82, 2.24) is 10.2 Å². The highest BCUT2D eigenvalue weighted by Gasteiger charge is 2.17. The number of rotatable bonds is 8. The minimum absolute atomic E-state index is 0.432. The number of hydrogen-bond acceptors (Lipinski definition) is 6. The van der Waals surface area contributed by atoms with Crippen LogP contribution in [-0.4, -0.2) is 56.0 Å². The van der Waals surface area contributed by atoms with Crippen molar-refractivity contribution in [3.05, 3.63) is 21.3 Å². The van der Waals surface area contributed by atoms with Crippen LogP contribution in [0, 0.1) is 16.0 Å². The van der Waals surface area contributed by atoms with Gasteiger partial charge < -0.3 is 15.0 Å². The first-order valence-electron chi connectivity index (χ1n) is 6.01. The highest BCUT2D eigenvalue weighted by atomic mass is 32.2. The number of thioether (sulfide) groups is 1. The number of likely N-dealkylation sites (N-methyl/N-ethyl adjacent to an activating group) is 1. The van der Waals surface area contributed by atoms with Gasteiger partial charge in [0.05, 0.1) is 11.5 Å². The second kappa shape index (κ2) is 8.34. The third-order valence-corrected chi connectivity index (χ3v) is 3.52. The van der Waals surface area contributed by atoms with Crippen molar-refractivity contribution < 1.29 is 9.66 Å². The van der Waals surface area contributed by atoms with Gasteiger partial charge in [0.25, 0.3) is 6.20 Å². The van der Waals surface area contributed by atoms with Crippen molar-refractivity contribution in [1.29, 1.82) is 0 Å². The van der Waals surface area contributed by atoms with E-state index in [0.717, 1.165) is 38.9 Å². The predicted molar refractivity (Wildman–Crippen MR) is 73.0 cm³/mol. The van der Waals surface area contributed by atoms with Crippen LogP contribution in [0.4, 0.5) is 0 Å². The Kier molecular flexibility index (Phi) is 7.07. The Morgan fingerprint density at radius 3 is 3.06 bits per heavy atom. The molecule has 1 aliphatic rings. The zero-order valence-electron chi connectivity index (χ0n) is 10.9. The summed E-state index contributed by atoms with van der Waals surface area (Å²) in [5.74, 6) is 0.629. The maximum atomic E-state index is 10.3. The van der Waals surface area contributed by atoms with Crippen LogP contribution in [0.1, 0.15) is 6.42 Å². The smallest absolute Gasteiger partial charge is 0.263 e. The lowest BCUT2D eigenvalue weighted by Gasteiger charge is -2.20. The normalized spacial score (nSPS) is 20.4. The van der Waals surface area contributed by atoms with E-state index < -0.39 is 4.92 Å². The summed E-state index contributed by atoms with van der Waals surface area (Å²) in [5.41, 5.74) is 0. The average molecular weight is 275 g/mol. The van der Waals surface area contributed by atoms with Crippen LogP contribution in [0.5, 0.6) is 0 Å². The molecule has 104 valence electrons. The molecule has 0 bridgehead atoms. The summed E-state index contributed by atoms with van der Waals surface area (Å²) in [7, 11) is 2.07. The van der Waals surface area contributed by atoms with Gasteiger partial charge in [0.1, 0.15) is 5.03 Å². The summed E-state index contributed by atoms with van der Waals surface area (Å²) in [4.78, 5) is 12.1. The SMILES string of the molecule is CS/C(=C\[N+](=O)[O-])NCCN(C)CC1CCOC1. The Bertz CT molecular complexity index is 293. The second-order valence-electron chi connectivity index (χ2n) is 4.40. The molecule has 0 spiro atoms. The molecule has 0 aromatic carbocycles. The Morgan fingerprint density at radius 2 is 2.50 bits per heavy atom. The molecule has 1 atom stereocenters. The predicted octanol–water partition coefficient (Wildman–Crippen LogP) is 0.983. The minimum Gasteiger partial charge on any atom is -0.381 e. The maximum absolute atomic E-state index is 10.3. The Labute approximate surface area is 112 Å². The Balaban J connectivity index is 2.17. The van der Waals surface area contributed by atoms with Gasteiger partial charge in [-0.05, 0) is 25.6 Å². The van der Waals surface area contributed by atoms with Gasteiger partial charge in [0.2, 0.25) is 0 Å². The molecular weight excluding hydrogens is 254 g/mol. The highest BCUT2D eigenvalue weighted by Crippen LogP contribution is 2.13. The van der Waals surface area contributed by atoms with E-state index >= 15 is 0 Å². The molecular formula is C11H21N3O3S. The number of nitrogens with one attached hydrogen (secondary N) is 1. The lowest BCUT2D eigenvalue weighted by Crippen LogP contribution is -2.32. The van der Waals surface area contributed by atoms with E-state index in [1.165, 1.54) is 11.8 Å². The summed E-state index contributed by atoms with van der Waals surface area (Å²) in [6.45, 7) is 4.33. The quantitative estimate of drug-likeness (QED) is 0.526. The van der Waals surface area contributed by atoms with Crippen LogP contribution in [0.2, 0.25) is 0 Å². The monoisotopic (exact) mass is 275 g/mol. The molecule has 1 rings (SSSR count). The number of nitro groups is 1. The van der Waals surface area contributed by atoms with E-state index in [1.807, 2.05) is 6.26 Å². The molecule has 1 saturated heterocycles. The van der Waals surface area contributed by atoms with Gasteiger partial charge in [-0.1, -0.05) is 0 Å². The second-order valence-corrected chi connectivity index (χ2v) is 5.25. The third-order valence-electron chi connectivity index (χ3n) is 2.83. The number of ether oxygens (including phenoxy) is 1. The van der Waals surface area contributed by atoms with Gasteiger partial charge in [-0.2, -0.15) is 0 Å². The van der Waals surface area contributed by atoms with Crippen molar-refractivity contribution in [2.45, 2.75) is 6.42 Å². The van der Waals surface area contributed by atoms with Crippen LogP contribution in [0.15, 0.2) is 11.2 Å². The summed E-state index contributed by atoms with van der Waals surface area (Å²) >= 11 is 1.35. The third kappa shape index (κ3) is 6.23. The molecule has 1 N–H and O–H groups in total. The number of nitrogens with zero attached hydrogens (tertiary/aromatic N) is 2. The van der Waals surface area contributed by atoms with Gasteiger partial charge >= 0.3 is 0 Å². The largest absolute Gasteiger partial charge is 0.381 e. The van der Waals surface area contributed by atoms with Crippen LogP contribution in [0.3, 0.4) is 0 Å². The molecule has 6 nitrogen and oxygen atoms in total. The lowest BCUT2D eigenvalue weighted by molar-refractivity contribution is -0.403. The molecule has 1 unspecified atom stereocenters. The highest BCUT2D eigenvalue weighted by molar-refractivity contribution is 8.02. The molecule has 0 radical (unpaired) electrons. The lowest BCUT2D eigenvalue weighted by atomic mass is 10.1. The maximum Gasteiger partial charge on any atom is 0.263 e. The first-order valence-corrected chi connectivity index (χ1v) is 7.23. The standard InChI is InChI=1S/C11H21N3O3S/c1-13(7-10-3-6-17-9-10)5-4-12-11(18-2)8-14(15)16/h8,10,12H,3-7,9H2,1-2H3/b11-8-. The summed E-state index contributed by atoms with van der Waals surface area (Å²) in [6, 6.07) is 0. The van der Waals surface area contributed by atoms with Crippen molar-refractivity contribution in [2.75, 3.05) is 46.2 Å². The van der Waals surface area contributed by atoms with E-state index in [2.05, 4.69) is 17.3 Å². The van der Waals surface area contributed by atoms with Crippen molar-refractivity contribution in [3.63, 3.8) is 0 Å². The van der Waals surface area contributed by atoms with Crippen molar-refractivity contribution >= 4 is 11.8 Å². The summed E-state index contributed by atoms with van der Waals surface area (Å²) in [5, 5.41) is 14.0. The minimum atomic E-state index is -0.432. The molecule has 18 heavy (non-hydrogen) atoms. The molecule has 1 aliphatic heterocycles. The first kappa shape index (κ1) is 15.3. The molecule has 0 amide bonds. The summed E-state index contributed by atoms with van der Waals surface area (Å²) in [6.07, 6.45) is 3.96. The van der Waals surface area contributed by atoms with Crippen LogP contribution < -0.4 is 5.32 Å². The van der Waals surface area contributed by atoms with Crippen LogP contribution in [-0.2, 0) is 4.74 Å². The molecule has 0 saturated carbocycles. The van der Waals surface area contributed by atoms with Gasteiger partial charge in [-0.15, -0.1) is 11.8 Å². The van der Waals surface area contributed by atoms with Gasteiger partial charge in [0.15, 0.2) is 0 Å². The number of hydrogen-bond donors (Lipinski definition) is 1. The Hall–Kier alpha value is -0.790. The molecule has 0 aromatic heterocycles. The molecule has 1 heterocycles. The molecule has 0 aliphatic carbocycles. The average Bonchev–Trinajstić information content (AvgIpc) is 2.79. The fourth-order valence-corrected chi connectivity index (χ4v) is 2.33. The Morgan fingerprint density at radius 1 is 1.72 bits per heavy atom. The van der Waals surface area contributed by atoms with Gasteiger partial charge in [-0.25, -0.2) is 0 Å². The molecule has 1 fully saturated rings. The first-order chi connectivity index (χ1) is 8.61. The van der Waals surface area contributed by atoms with Crippen molar-refractivity contribution in [3.8, 4) is 0 Å². The zero-order chi connectivity index (χ0) is 13.4. The zero-order valence-corrected chi connectivity index (χ0v) is 11.7. The van der Waals surface area contributed by atoms with E-state index in [0.29, 0.717) is 17.5 Å². The van der Waals surface area contributed by atoms with E-state index in [-0.39, 0.29) is 0 Å². The van der Waals surface area contributed by atoms with E-state index in [9.17, 15) is 10.1 Å². The molecule has 0 aromatic rings. The van der Waals surface area contributed by atoms with E-state index in [4.69, 9.17) is 4.74 Å². The van der Waals surface area contributed by atoms with E-state index in [1.54, 1.807) is 0 Å².